The van der Waals surface area contributed by atoms with Crippen LogP contribution in [0.5, 0.6) is 11.5 Å². The number of nitrogens with zero attached hydrogens (tertiary/aromatic N) is 1. The van der Waals surface area contributed by atoms with E-state index in [1.807, 2.05) is 13.8 Å². The third-order valence-corrected chi connectivity index (χ3v) is 8.97. The molecule has 2 bridgehead atoms. The molecule has 3 aliphatic rings. The van der Waals surface area contributed by atoms with Crippen LogP contribution in [0.2, 0.25) is 0 Å². The van der Waals surface area contributed by atoms with Crippen molar-refractivity contribution < 1.29 is 34.4 Å². The summed E-state index contributed by atoms with van der Waals surface area (Å²) in [5, 5.41) is 27.1. The molecule has 9 nitrogen and oxygen atoms in total. The minimum Gasteiger partial charge on any atom is -0.504 e. The average Bonchev–Trinajstić information content (AvgIpc) is 3.46. The second-order valence-electron chi connectivity index (χ2n) is 12.4. The van der Waals surface area contributed by atoms with Crippen LogP contribution in [0.15, 0.2) is 18.2 Å². The first-order valence-corrected chi connectivity index (χ1v) is 14.0. The fraction of sp³-hybridized carbons (Fsp3) is 0.700. The normalized spacial score (nSPS) is 27.2. The maximum absolute atomic E-state index is 12.8. The summed E-state index contributed by atoms with van der Waals surface area (Å²) < 4.78 is 6.02. The molecule has 1 aromatic rings. The predicted octanol–water partition coefficient (Wildman–Crippen LogP) is 3.90. The highest BCUT2D eigenvalue weighted by molar-refractivity contribution is 5.85. The van der Waals surface area contributed by atoms with Crippen molar-refractivity contribution in [1.82, 2.24) is 4.90 Å². The van der Waals surface area contributed by atoms with Crippen molar-refractivity contribution in [2.45, 2.75) is 105 Å². The number of esters is 1. The van der Waals surface area contributed by atoms with Gasteiger partial charge in [-0.25, -0.2) is 4.79 Å². The SMILES string of the molecule is CC(C)CC(=O)N1CCCC1C(=O)OC1CC2CCC1(C)C2(C)C.CC(O)Cc1ccc(O)c(O)c1.NC=O. The lowest BCUT2D eigenvalue weighted by molar-refractivity contribution is -0.165. The number of carbonyl (C=O) groups is 3. The highest BCUT2D eigenvalue weighted by Gasteiger charge is 2.63. The molecular weight excluding hydrogens is 500 g/mol. The fourth-order valence-corrected chi connectivity index (χ4v) is 6.34. The number of phenols is 2. The van der Waals surface area contributed by atoms with Crippen molar-refractivity contribution >= 4 is 18.3 Å². The van der Waals surface area contributed by atoms with Crippen LogP contribution in [0.4, 0.5) is 0 Å². The van der Waals surface area contributed by atoms with Crippen LogP contribution in [0.1, 0.15) is 85.6 Å². The van der Waals surface area contributed by atoms with Crippen LogP contribution < -0.4 is 5.73 Å². The summed E-state index contributed by atoms with van der Waals surface area (Å²) in [5.41, 5.74) is 5.29. The first kappa shape index (κ1) is 32.4. The highest BCUT2D eigenvalue weighted by Crippen LogP contribution is 2.66. The van der Waals surface area contributed by atoms with Gasteiger partial charge in [-0.1, -0.05) is 40.7 Å². The zero-order chi connectivity index (χ0) is 29.5. The molecule has 0 radical (unpaired) electrons. The number of amides is 2. The van der Waals surface area contributed by atoms with Crippen molar-refractivity contribution in [2.75, 3.05) is 6.54 Å². The molecule has 1 heterocycles. The number of nitrogens with two attached hydrogens (primary N) is 1. The van der Waals surface area contributed by atoms with E-state index in [-0.39, 0.29) is 52.8 Å². The molecule has 0 aromatic heterocycles. The number of fused-ring (bicyclic) bond motifs is 2. The van der Waals surface area contributed by atoms with E-state index in [4.69, 9.17) is 24.9 Å². The van der Waals surface area contributed by atoms with E-state index in [0.717, 1.165) is 31.2 Å². The molecule has 220 valence electrons. The summed E-state index contributed by atoms with van der Waals surface area (Å²) in [4.78, 5) is 35.6. The molecule has 1 aliphatic heterocycles. The number of hydrogen-bond acceptors (Lipinski definition) is 7. The Morgan fingerprint density at radius 3 is 2.28 bits per heavy atom. The number of phenolic OH excluding ortho intramolecular Hbond substituents is 2. The van der Waals surface area contributed by atoms with E-state index >= 15 is 0 Å². The van der Waals surface area contributed by atoms with Gasteiger partial charge in [-0.3, -0.25) is 9.59 Å². The predicted molar refractivity (Wildman–Crippen MR) is 149 cm³/mol. The number of aliphatic hydroxyl groups excluding tert-OH is 1. The van der Waals surface area contributed by atoms with E-state index < -0.39 is 6.10 Å². The number of ether oxygens (including phenoxy) is 1. The Morgan fingerprint density at radius 1 is 1.15 bits per heavy atom. The molecule has 1 aromatic carbocycles. The zero-order valence-electron chi connectivity index (χ0n) is 24.4. The third-order valence-electron chi connectivity index (χ3n) is 8.97. The molecule has 1 saturated heterocycles. The van der Waals surface area contributed by atoms with Gasteiger partial charge < -0.3 is 30.7 Å². The second-order valence-corrected chi connectivity index (χ2v) is 12.4. The maximum atomic E-state index is 12.8. The van der Waals surface area contributed by atoms with Crippen LogP contribution in [0.25, 0.3) is 0 Å². The van der Waals surface area contributed by atoms with Crippen molar-refractivity contribution in [1.29, 1.82) is 0 Å². The standard InChI is InChI=1S/C20H33NO3.C9H12O3.CH3NO/c1-13(2)11-17(22)21-10-6-7-15(21)18(23)24-16-12-14-8-9-20(16,5)19(14,3)4;1-6(10)4-7-2-3-8(11)9(12)5-7;2-1-3/h13-16H,6-12H2,1-5H3;2-3,5-6,10-12H,4H2,1H3;1H,(H2,2,3). The minimum atomic E-state index is -0.436. The fourth-order valence-electron chi connectivity index (χ4n) is 6.34. The molecule has 5 unspecified atom stereocenters. The van der Waals surface area contributed by atoms with Gasteiger partial charge in [0.25, 0.3) is 0 Å². The Hall–Kier alpha value is -2.81. The second kappa shape index (κ2) is 13.5. The Balaban J connectivity index is 0.000000298. The molecule has 9 heteroatoms. The maximum Gasteiger partial charge on any atom is 0.329 e. The van der Waals surface area contributed by atoms with Gasteiger partial charge in [-0.2, -0.15) is 0 Å². The Bertz CT molecular complexity index is 994. The smallest absolute Gasteiger partial charge is 0.329 e. The van der Waals surface area contributed by atoms with Gasteiger partial charge in [-0.05, 0) is 80.4 Å². The number of rotatable bonds is 6. The number of hydrogen-bond donors (Lipinski definition) is 4. The van der Waals surface area contributed by atoms with Crippen molar-refractivity contribution in [3.63, 3.8) is 0 Å². The number of carbonyl (C=O) groups excluding carboxylic acids is 3. The van der Waals surface area contributed by atoms with Gasteiger partial charge in [0, 0.05) is 18.4 Å². The van der Waals surface area contributed by atoms with E-state index in [1.165, 1.54) is 18.6 Å². The Morgan fingerprint density at radius 2 is 1.79 bits per heavy atom. The monoisotopic (exact) mass is 548 g/mol. The van der Waals surface area contributed by atoms with Crippen LogP contribution in [-0.4, -0.2) is 63.3 Å². The Kier molecular flexibility index (Phi) is 11.2. The summed E-state index contributed by atoms with van der Waals surface area (Å²) in [6.45, 7) is 13.4. The van der Waals surface area contributed by atoms with Crippen LogP contribution in [0, 0.1) is 22.7 Å². The largest absolute Gasteiger partial charge is 0.504 e. The van der Waals surface area contributed by atoms with E-state index in [9.17, 15) is 9.59 Å². The van der Waals surface area contributed by atoms with Gasteiger partial charge in [0.2, 0.25) is 12.3 Å². The first-order valence-electron chi connectivity index (χ1n) is 14.0. The molecule has 3 fully saturated rings. The molecule has 39 heavy (non-hydrogen) atoms. The van der Waals surface area contributed by atoms with E-state index in [0.29, 0.717) is 31.2 Å². The van der Waals surface area contributed by atoms with E-state index in [1.54, 1.807) is 17.9 Å². The number of likely N-dealkylation sites (tertiary alicyclic amines) is 1. The summed E-state index contributed by atoms with van der Waals surface area (Å²) >= 11 is 0. The van der Waals surface area contributed by atoms with Crippen molar-refractivity contribution in [3.8, 4) is 11.5 Å². The van der Waals surface area contributed by atoms with Gasteiger partial charge in [0.05, 0.1) is 6.10 Å². The lowest BCUT2D eigenvalue weighted by atomic mass is 9.70. The number of aliphatic hydroxyl groups is 1. The molecule has 5 N–H and O–H groups in total. The summed E-state index contributed by atoms with van der Waals surface area (Å²) in [7, 11) is 0. The topological polar surface area (TPSA) is 150 Å². The van der Waals surface area contributed by atoms with E-state index in [2.05, 4.69) is 26.5 Å². The van der Waals surface area contributed by atoms with Crippen molar-refractivity contribution in [2.24, 2.45) is 28.4 Å². The van der Waals surface area contributed by atoms with Gasteiger partial charge in [0.1, 0.15) is 12.1 Å². The lowest BCUT2D eigenvalue weighted by Gasteiger charge is -2.39. The molecule has 2 saturated carbocycles. The highest BCUT2D eigenvalue weighted by atomic mass is 16.5. The van der Waals surface area contributed by atoms with Crippen LogP contribution >= 0.6 is 0 Å². The molecule has 4 rings (SSSR count). The Labute approximate surface area is 232 Å². The van der Waals surface area contributed by atoms with Crippen LogP contribution in [0.3, 0.4) is 0 Å². The number of primary amides is 1. The molecule has 0 spiro atoms. The van der Waals surface area contributed by atoms with Crippen LogP contribution in [-0.2, 0) is 25.5 Å². The number of aromatic hydroxyl groups is 2. The molecule has 2 aliphatic carbocycles. The quantitative estimate of drug-likeness (QED) is 0.239. The molecular formula is C30H48N2O7. The average molecular weight is 549 g/mol. The van der Waals surface area contributed by atoms with Crippen molar-refractivity contribution in [3.05, 3.63) is 23.8 Å². The van der Waals surface area contributed by atoms with Gasteiger partial charge in [-0.15, -0.1) is 0 Å². The summed E-state index contributed by atoms with van der Waals surface area (Å²) in [5.74, 6) is 0.628. The van der Waals surface area contributed by atoms with Gasteiger partial charge >= 0.3 is 5.97 Å². The summed E-state index contributed by atoms with van der Waals surface area (Å²) in [6, 6.07) is 4.17. The first-order chi connectivity index (χ1) is 18.2. The lowest BCUT2D eigenvalue weighted by Crippen LogP contribution is -2.45. The third kappa shape index (κ3) is 7.65. The van der Waals surface area contributed by atoms with Gasteiger partial charge in [0.15, 0.2) is 11.5 Å². The molecule has 2 amide bonds. The summed E-state index contributed by atoms with van der Waals surface area (Å²) in [6.07, 6.45) is 5.85. The molecule has 5 atom stereocenters. The number of benzene rings is 1. The zero-order valence-corrected chi connectivity index (χ0v) is 24.4. The minimum absolute atomic E-state index is 0.0152.